The molecule has 1 amide bonds. The van der Waals surface area contributed by atoms with Crippen molar-refractivity contribution in [2.45, 2.75) is 12.3 Å². The summed E-state index contributed by atoms with van der Waals surface area (Å²) in [7, 11) is 0. The minimum Gasteiger partial charge on any atom is -0.378 e. The lowest BCUT2D eigenvalue weighted by Gasteiger charge is -2.11. The Labute approximate surface area is 105 Å². The molecule has 98 valence electrons. The van der Waals surface area contributed by atoms with Crippen molar-refractivity contribution in [3.05, 3.63) is 34.9 Å². The molecule has 0 aliphatic carbocycles. The van der Waals surface area contributed by atoms with Gasteiger partial charge >= 0.3 is 6.18 Å². The molecule has 18 heavy (non-hydrogen) atoms. The fraction of sp³-hybridized carbons (Fsp3) is 0.200. The Morgan fingerprint density at radius 1 is 1.39 bits per heavy atom. The second-order valence-electron chi connectivity index (χ2n) is 3.22. The molecule has 1 atom stereocenters. The summed E-state index contributed by atoms with van der Waals surface area (Å²) in [5.41, 5.74) is 5.26. The quantitative estimate of drug-likeness (QED) is 0.680. The molecule has 0 fully saturated rings. The van der Waals surface area contributed by atoms with Crippen molar-refractivity contribution in [3.8, 4) is 0 Å². The Bertz CT molecular complexity index is 445. The maximum atomic E-state index is 11.8. The molecule has 0 heterocycles. The largest absolute Gasteiger partial charge is 0.429 e. The van der Waals surface area contributed by atoms with E-state index in [1.165, 1.54) is 24.3 Å². The zero-order chi connectivity index (χ0) is 13.8. The van der Waals surface area contributed by atoms with Gasteiger partial charge in [-0.05, 0) is 12.1 Å². The summed E-state index contributed by atoms with van der Waals surface area (Å²) >= 11 is 5.62. The first-order valence-corrected chi connectivity index (χ1v) is 4.99. The molecule has 1 aromatic carbocycles. The smallest absolute Gasteiger partial charge is 0.378 e. The average Bonchev–Trinajstić information content (AvgIpc) is 2.24. The molecular formula is C10H8ClF3N2O2. The summed E-state index contributed by atoms with van der Waals surface area (Å²) in [4.78, 5) is 15.5. The van der Waals surface area contributed by atoms with Crippen molar-refractivity contribution >= 4 is 23.7 Å². The van der Waals surface area contributed by atoms with Crippen LogP contribution in [0.2, 0.25) is 5.02 Å². The molecule has 0 bridgehead atoms. The first-order valence-electron chi connectivity index (χ1n) is 4.61. The normalized spacial score (nSPS) is 13.6. The lowest BCUT2D eigenvalue weighted by atomic mass is 10.1. The van der Waals surface area contributed by atoms with Crippen LogP contribution < -0.4 is 5.73 Å². The van der Waals surface area contributed by atoms with Crippen molar-refractivity contribution in [1.29, 1.82) is 0 Å². The van der Waals surface area contributed by atoms with Crippen molar-refractivity contribution in [3.63, 3.8) is 0 Å². The average molecular weight is 281 g/mol. The molecule has 8 heteroatoms. The second kappa shape index (κ2) is 5.72. The highest BCUT2D eigenvalue weighted by Gasteiger charge is 2.25. The van der Waals surface area contributed by atoms with Gasteiger partial charge in [0, 0.05) is 10.6 Å². The molecule has 0 saturated heterocycles. The van der Waals surface area contributed by atoms with Gasteiger partial charge in [-0.1, -0.05) is 28.9 Å². The number of carbonyl (C=O) groups is 1. The summed E-state index contributed by atoms with van der Waals surface area (Å²) in [5.74, 6) is -0.961. The maximum Gasteiger partial charge on any atom is 0.429 e. The van der Waals surface area contributed by atoms with Crippen LogP contribution in [-0.2, 0) is 9.63 Å². The standard InChI is InChI=1S/C10H8ClF3N2O2/c11-7-3-1-6(2-4-7)8(9(15)17)18-16-5-10(12,13)14/h1-5,8H,(H2,15,17). The number of alkyl halides is 3. The number of halogens is 4. The topological polar surface area (TPSA) is 64.7 Å². The third-order valence-corrected chi connectivity index (χ3v) is 2.05. The number of hydrogen-bond donors (Lipinski definition) is 1. The third-order valence-electron chi connectivity index (χ3n) is 1.80. The van der Waals surface area contributed by atoms with Gasteiger partial charge in [-0.3, -0.25) is 4.79 Å². The molecule has 4 nitrogen and oxygen atoms in total. The van der Waals surface area contributed by atoms with Gasteiger partial charge in [0.15, 0.2) is 0 Å². The van der Waals surface area contributed by atoms with E-state index < -0.39 is 18.2 Å². The van der Waals surface area contributed by atoms with E-state index in [0.29, 0.717) is 5.02 Å². The van der Waals surface area contributed by atoms with Crippen LogP contribution in [0, 0.1) is 0 Å². The number of amides is 1. The highest BCUT2D eigenvalue weighted by molar-refractivity contribution is 6.30. The van der Waals surface area contributed by atoms with Gasteiger partial charge < -0.3 is 10.6 Å². The van der Waals surface area contributed by atoms with E-state index in [0.717, 1.165) is 0 Å². The summed E-state index contributed by atoms with van der Waals surface area (Å²) in [6.07, 6.45) is -6.40. The number of nitrogens with zero attached hydrogens (tertiary/aromatic N) is 1. The van der Waals surface area contributed by atoms with E-state index in [1.807, 2.05) is 0 Å². The van der Waals surface area contributed by atoms with Gasteiger partial charge in [0.1, 0.15) is 6.21 Å². The van der Waals surface area contributed by atoms with Crippen LogP contribution in [0.5, 0.6) is 0 Å². The van der Waals surface area contributed by atoms with Crippen LogP contribution in [0.3, 0.4) is 0 Å². The summed E-state index contributed by atoms with van der Waals surface area (Å²) in [5, 5.41) is 3.08. The summed E-state index contributed by atoms with van der Waals surface area (Å²) < 4.78 is 35.4. The molecule has 0 aromatic heterocycles. The van der Waals surface area contributed by atoms with Crippen molar-refractivity contribution < 1.29 is 22.8 Å². The molecule has 1 unspecified atom stereocenters. The first-order chi connectivity index (χ1) is 8.29. The fourth-order valence-corrected chi connectivity index (χ4v) is 1.19. The van der Waals surface area contributed by atoms with Crippen LogP contribution in [0.15, 0.2) is 29.4 Å². The number of oxime groups is 1. The van der Waals surface area contributed by atoms with Gasteiger partial charge in [-0.15, -0.1) is 0 Å². The van der Waals surface area contributed by atoms with E-state index in [9.17, 15) is 18.0 Å². The van der Waals surface area contributed by atoms with Crippen LogP contribution >= 0.6 is 11.6 Å². The molecule has 1 rings (SSSR count). The number of primary amides is 1. The number of benzene rings is 1. The van der Waals surface area contributed by atoms with Gasteiger partial charge in [0.05, 0.1) is 0 Å². The van der Waals surface area contributed by atoms with Gasteiger partial charge in [0.2, 0.25) is 6.10 Å². The predicted molar refractivity (Wildman–Crippen MR) is 59.0 cm³/mol. The lowest BCUT2D eigenvalue weighted by Crippen LogP contribution is -2.23. The Balaban J connectivity index is 2.81. The van der Waals surface area contributed by atoms with Crippen molar-refractivity contribution in [2.75, 3.05) is 0 Å². The lowest BCUT2D eigenvalue weighted by molar-refractivity contribution is -0.130. The fourth-order valence-electron chi connectivity index (χ4n) is 1.07. The highest BCUT2D eigenvalue weighted by atomic mass is 35.5. The zero-order valence-corrected chi connectivity index (χ0v) is 9.57. The molecular weight excluding hydrogens is 273 g/mol. The zero-order valence-electron chi connectivity index (χ0n) is 8.82. The van der Waals surface area contributed by atoms with Crippen LogP contribution in [-0.4, -0.2) is 18.3 Å². The van der Waals surface area contributed by atoms with Gasteiger partial charge in [-0.2, -0.15) is 13.2 Å². The monoisotopic (exact) mass is 280 g/mol. The maximum absolute atomic E-state index is 11.8. The Morgan fingerprint density at radius 2 is 1.94 bits per heavy atom. The Kier molecular flexibility index (Phi) is 4.55. The Hall–Kier alpha value is -1.76. The molecule has 0 radical (unpaired) electrons. The first kappa shape index (κ1) is 14.3. The predicted octanol–water partition coefficient (Wildman–Crippen LogP) is 2.43. The van der Waals surface area contributed by atoms with E-state index >= 15 is 0 Å². The minimum atomic E-state index is -4.62. The number of nitrogens with two attached hydrogens (primary N) is 1. The molecule has 0 saturated carbocycles. The van der Waals surface area contributed by atoms with Crippen LogP contribution in [0.4, 0.5) is 13.2 Å². The number of carbonyl (C=O) groups excluding carboxylic acids is 1. The highest BCUT2D eigenvalue weighted by Crippen LogP contribution is 2.20. The van der Waals surface area contributed by atoms with E-state index in [2.05, 4.69) is 9.99 Å². The summed E-state index contributed by atoms with van der Waals surface area (Å²) in [6.45, 7) is 0. The van der Waals surface area contributed by atoms with E-state index in [4.69, 9.17) is 17.3 Å². The molecule has 2 N–H and O–H groups in total. The number of rotatable bonds is 4. The third kappa shape index (κ3) is 4.62. The van der Waals surface area contributed by atoms with Crippen LogP contribution in [0.1, 0.15) is 11.7 Å². The number of hydrogen-bond acceptors (Lipinski definition) is 3. The van der Waals surface area contributed by atoms with Gasteiger partial charge in [-0.25, -0.2) is 0 Å². The SMILES string of the molecule is NC(=O)C(ON=CC(F)(F)F)c1ccc(Cl)cc1. The molecule has 0 spiro atoms. The van der Waals surface area contributed by atoms with E-state index in [-0.39, 0.29) is 11.8 Å². The summed E-state index contributed by atoms with van der Waals surface area (Å²) in [6, 6.07) is 5.70. The Morgan fingerprint density at radius 3 is 2.39 bits per heavy atom. The minimum absolute atomic E-state index is 0.256. The van der Waals surface area contributed by atoms with E-state index in [1.54, 1.807) is 0 Å². The molecule has 0 aliphatic rings. The molecule has 0 aliphatic heterocycles. The van der Waals surface area contributed by atoms with Gasteiger partial charge in [0.25, 0.3) is 5.91 Å². The van der Waals surface area contributed by atoms with Crippen molar-refractivity contribution in [2.24, 2.45) is 10.9 Å². The molecule has 1 aromatic rings. The van der Waals surface area contributed by atoms with Crippen molar-refractivity contribution in [1.82, 2.24) is 0 Å². The second-order valence-corrected chi connectivity index (χ2v) is 3.65. The van der Waals surface area contributed by atoms with Crippen LogP contribution in [0.25, 0.3) is 0 Å².